The Balaban J connectivity index is 2.38. The molecule has 5 nitrogen and oxygen atoms in total. The van der Waals surface area contributed by atoms with Gasteiger partial charge in [-0.2, -0.15) is 0 Å². The summed E-state index contributed by atoms with van der Waals surface area (Å²) in [5.41, 5.74) is 5.86. The fourth-order valence-corrected chi connectivity index (χ4v) is 3.85. The van der Waals surface area contributed by atoms with E-state index in [0.717, 1.165) is 18.4 Å². The van der Waals surface area contributed by atoms with Gasteiger partial charge in [0, 0.05) is 21.7 Å². The van der Waals surface area contributed by atoms with Crippen LogP contribution in [0.5, 0.6) is 0 Å². The van der Waals surface area contributed by atoms with Crippen molar-refractivity contribution in [2.45, 2.75) is 76.9 Å². The van der Waals surface area contributed by atoms with E-state index < -0.39 is 14.3 Å². The van der Waals surface area contributed by atoms with Crippen LogP contribution < -0.4 is 5.73 Å². The van der Waals surface area contributed by atoms with Gasteiger partial charge in [0.25, 0.3) is 0 Å². The third-order valence-electron chi connectivity index (χ3n) is 4.80. The van der Waals surface area contributed by atoms with E-state index in [-0.39, 0.29) is 6.09 Å². The molecule has 0 radical (unpaired) electrons. The molecular weight excluding hydrogens is 320 g/mol. The van der Waals surface area contributed by atoms with E-state index in [2.05, 4.69) is 19.6 Å². The lowest BCUT2D eigenvalue weighted by Gasteiger charge is -2.27. The molecule has 0 bridgehead atoms. The third-order valence-corrected chi connectivity index (χ3v) is 6.51. The molecule has 0 spiro atoms. The summed E-state index contributed by atoms with van der Waals surface area (Å²) in [7, 11) is 0.380. The number of nitrogens with zero attached hydrogens (tertiary/aromatic N) is 1. The second kappa shape index (κ2) is 11.1. The van der Waals surface area contributed by atoms with Crippen LogP contribution in [-0.4, -0.2) is 52.1 Å². The number of ether oxygens (including phenoxy) is 2. The van der Waals surface area contributed by atoms with E-state index in [1.807, 2.05) is 0 Å². The molecule has 1 rings (SSSR count). The summed E-state index contributed by atoms with van der Waals surface area (Å²) < 4.78 is 10.6. The molecule has 0 aromatic carbocycles. The molecule has 2 N–H and O–H groups in total. The second-order valence-electron chi connectivity index (χ2n) is 8.29. The highest BCUT2D eigenvalue weighted by Crippen LogP contribution is 2.27. The zero-order valence-corrected chi connectivity index (χ0v) is 17.2. The van der Waals surface area contributed by atoms with Gasteiger partial charge in [-0.1, -0.05) is 51.7 Å². The number of rotatable bonds is 10. The molecule has 1 fully saturated rings. The zero-order valence-electron chi connectivity index (χ0n) is 16.2. The van der Waals surface area contributed by atoms with Gasteiger partial charge in [0.05, 0.1) is 13.2 Å². The summed E-state index contributed by atoms with van der Waals surface area (Å²) in [4.78, 5) is 14.1. The molecule has 142 valence electrons. The summed E-state index contributed by atoms with van der Waals surface area (Å²) in [6.45, 7) is 8.46. The highest BCUT2D eigenvalue weighted by atomic mass is 28.3. The predicted octanol–water partition coefficient (Wildman–Crippen LogP) is 4.05. The summed E-state index contributed by atoms with van der Waals surface area (Å²) in [6, 6.07) is 0.991. The van der Waals surface area contributed by atoms with Gasteiger partial charge in [-0.05, 0) is 24.8 Å². The number of methoxy groups -OCH3 is 1. The lowest BCUT2D eigenvalue weighted by molar-refractivity contribution is 0.0530. The fraction of sp³-hybridized carbons (Fsp3) is 0.944. The van der Waals surface area contributed by atoms with E-state index in [0.29, 0.717) is 19.7 Å². The normalized spacial score (nSPS) is 17.5. The van der Waals surface area contributed by atoms with Crippen molar-refractivity contribution in [3.63, 3.8) is 0 Å². The van der Waals surface area contributed by atoms with Gasteiger partial charge in [0.2, 0.25) is 0 Å². The maximum atomic E-state index is 12.4. The van der Waals surface area contributed by atoms with Crippen molar-refractivity contribution < 1.29 is 14.3 Å². The first kappa shape index (κ1) is 21.4. The van der Waals surface area contributed by atoms with Crippen LogP contribution in [-0.2, 0) is 9.47 Å². The SMILES string of the molecule is CO[C@H](N)CN(CCCC1CCCCC1)C(=O)OCC[Si](C)(C)C. The minimum atomic E-state index is -1.19. The Labute approximate surface area is 149 Å². The largest absolute Gasteiger partial charge is 0.450 e. The maximum Gasteiger partial charge on any atom is 0.409 e. The monoisotopic (exact) mass is 358 g/mol. The molecule has 0 aliphatic heterocycles. The Morgan fingerprint density at radius 1 is 1.25 bits per heavy atom. The molecule has 0 unspecified atom stereocenters. The quantitative estimate of drug-likeness (QED) is 0.472. The molecule has 0 heterocycles. The Morgan fingerprint density at radius 2 is 1.92 bits per heavy atom. The molecule has 1 atom stereocenters. The summed E-state index contributed by atoms with van der Waals surface area (Å²) in [5, 5.41) is 0. The van der Waals surface area contributed by atoms with E-state index in [1.54, 1.807) is 12.0 Å². The van der Waals surface area contributed by atoms with Gasteiger partial charge >= 0.3 is 6.09 Å². The van der Waals surface area contributed by atoms with Gasteiger partial charge in [-0.25, -0.2) is 4.79 Å². The lowest BCUT2D eigenvalue weighted by Crippen LogP contribution is -2.43. The Kier molecular flexibility index (Phi) is 9.93. The van der Waals surface area contributed by atoms with Crippen molar-refractivity contribution in [2.24, 2.45) is 11.7 Å². The van der Waals surface area contributed by atoms with Crippen molar-refractivity contribution in [1.82, 2.24) is 4.90 Å². The van der Waals surface area contributed by atoms with Crippen LogP contribution in [0.25, 0.3) is 0 Å². The molecule has 0 aromatic heterocycles. The number of amides is 1. The van der Waals surface area contributed by atoms with Gasteiger partial charge < -0.3 is 20.1 Å². The number of carbonyl (C=O) groups is 1. The molecule has 1 aliphatic rings. The fourth-order valence-electron chi connectivity index (χ4n) is 3.13. The van der Waals surface area contributed by atoms with Crippen LogP contribution in [0.15, 0.2) is 0 Å². The van der Waals surface area contributed by atoms with E-state index in [1.165, 1.54) is 38.5 Å². The van der Waals surface area contributed by atoms with Gasteiger partial charge in [-0.15, -0.1) is 0 Å². The minimum absolute atomic E-state index is 0.246. The summed E-state index contributed by atoms with van der Waals surface area (Å²) >= 11 is 0. The Bertz CT molecular complexity index is 355. The zero-order chi connectivity index (χ0) is 18.0. The number of nitrogens with two attached hydrogens (primary N) is 1. The molecule has 0 saturated heterocycles. The average Bonchev–Trinajstić information content (AvgIpc) is 2.53. The third kappa shape index (κ3) is 9.64. The summed E-state index contributed by atoms with van der Waals surface area (Å²) in [5.74, 6) is 0.833. The average molecular weight is 359 g/mol. The smallest absolute Gasteiger partial charge is 0.409 e. The minimum Gasteiger partial charge on any atom is -0.450 e. The van der Waals surface area contributed by atoms with Crippen molar-refractivity contribution in [3.05, 3.63) is 0 Å². The van der Waals surface area contributed by atoms with E-state index in [4.69, 9.17) is 15.2 Å². The van der Waals surface area contributed by atoms with Crippen LogP contribution in [0.3, 0.4) is 0 Å². The van der Waals surface area contributed by atoms with Crippen molar-refractivity contribution in [2.75, 3.05) is 26.8 Å². The molecule has 1 saturated carbocycles. The number of hydrogen-bond acceptors (Lipinski definition) is 4. The number of carbonyl (C=O) groups excluding carboxylic acids is 1. The molecular formula is C18H38N2O3Si. The van der Waals surface area contributed by atoms with Crippen LogP contribution in [0, 0.1) is 5.92 Å². The van der Waals surface area contributed by atoms with E-state index in [9.17, 15) is 4.79 Å². The predicted molar refractivity (Wildman–Crippen MR) is 102 cm³/mol. The van der Waals surface area contributed by atoms with Gasteiger partial charge in [0.1, 0.15) is 6.23 Å². The van der Waals surface area contributed by atoms with Crippen molar-refractivity contribution >= 4 is 14.2 Å². The van der Waals surface area contributed by atoms with Gasteiger partial charge in [0.15, 0.2) is 0 Å². The van der Waals surface area contributed by atoms with Gasteiger partial charge in [-0.3, -0.25) is 0 Å². The molecule has 24 heavy (non-hydrogen) atoms. The van der Waals surface area contributed by atoms with Crippen LogP contribution in [0.1, 0.15) is 44.9 Å². The highest BCUT2D eigenvalue weighted by Gasteiger charge is 2.21. The van der Waals surface area contributed by atoms with Crippen molar-refractivity contribution in [1.29, 1.82) is 0 Å². The highest BCUT2D eigenvalue weighted by molar-refractivity contribution is 6.76. The maximum absolute atomic E-state index is 12.4. The Hall–Kier alpha value is -0.593. The molecule has 1 amide bonds. The first-order chi connectivity index (χ1) is 11.3. The van der Waals surface area contributed by atoms with Crippen LogP contribution in [0.2, 0.25) is 25.7 Å². The molecule has 6 heteroatoms. The first-order valence-electron chi connectivity index (χ1n) is 9.52. The number of hydrogen-bond donors (Lipinski definition) is 1. The Morgan fingerprint density at radius 3 is 2.50 bits per heavy atom. The summed E-state index contributed by atoms with van der Waals surface area (Å²) in [6.07, 6.45) is 8.31. The van der Waals surface area contributed by atoms with Crippen molar-refractivity contribution in [3.8, 4) is 0 Å². The lowest BCUT2D eigenvalue weighted by atomic mass is 9.86. The molecule has 1 aliphatic carbocycles. The molecule has 0 aromatic rings. The van der Waals surface area contributed by atoms with Crippen LogP contribution in [0.4, 0.5) is 4.79 Å². The standard InChI is InChI=1S/C18H38N2O3Si/c1-22-17(19)15-20(18(21)23-13-14-24(2,3)4)12-8-11-16-9-6-5-7-10-16/h16-17H,5-15,19H2,1-4H3/t17-/m0/s1. The van der Waals surface area contributed by atoms with E-state index >= 15 is 0 Å². The first-order valence-corrected chi connectivity index (χ1v) is 13.2. The van der Waals surface area contributed by atoms with Crippen LogP contribution >= 0.6 is 0 Å². The second-order valence-corrected chi connectivity index (χ2v) is 13.9. The topological polar surface area (TPSA) is 64.8 Å².